The van der Waals surface area contributed by atoms with Crippen LogP contribution in [0.1, 0.15) is 54.1 Å². The van der Waals surface area contributed by atoms with Crippen molar-refractivity contribution in [1.29, 1.82) is 0 Å². The molecule has 0 aliphatic heterocycles. The summed E-state index contributed by atoms with van der Waals surface area (Å²) in [4.78, 5) is 13.1. The Morgan fingerprint density at radius 1 is 1.00 bits per heavy atom. The average molecular weight is 417 g/mol. The minimum atomic E-state index is -3.65. The smallest absolute Gasteiger partial charge is 0.244 e. The van der Waals surface area contributed by atoms with Gasteiger partial charge < -0.3 is 5.32 Å². The standard InChI is InChI=1S/C23H32N2O3S/c1-8-22(23(26)24-19(6)21-12-9-15(2)13-18(21)5)25(29(7,27)28)20-11-10-16(3)17(4)14-20/h9-14,19,22H,8H2,1-7H3,(H,24,26)/t19-,22-/m0/s1. The first-order chi connectivity index (χ1) is 13.5. The summed E-state index contributed by atoms with van der Waals surface area (Å²) in [6.45, 7) is 11.7. The van der Waals surface area contributed by atoms with Gasteiger partial charge in [0.25, 0.3) is 0 Å². The van der Waals surface area contributed by atoms with E-state index in [4.69, 9.17) is 0 Å². The lowest BCUT2D eigenvalue weighted by Gasteiger charge is -2.31. The fourth-order valence-electron chi connectivity index (χ4n) is 3.62. The van der Waals surface area contributed by atoms with Gasteiger partial charge in [-0.15, -0.1) is 0 Å². The molecule has 29 heavy (non-hydrogen) atoms. The summed E-state index contributed by atoms with van der Waals surface area (Å²) >= 11 is 0. The van der Waals surface area contributed by atoms with Crippen LogP contribution >= 0.6 is 0 Å². The van der Waals surface area contributed by atoms with Crippen LogP contribution in [0.4, 0.5) is 5.69 Å². The Bertz CT molecular complexity index is 999. The molecule has 0 radical (unpaired) electrons. The maximum Gasteiger partial charge on any atom is 0.244 e. The highest BCUT2D eigenvalue weighted by molar-refractivity contribution is 7.92. The number of hydrogen-bond donors (Lipinski definition) is 1. The predicted molar refractivity (Wildman–Crippen MR) is 120 cm³/mol. The summed E-state index contributed by atoms with van der Waals surface area (Å²) in [5, 5.41) is 3.01. The molecule has 2 aromatic rings. The van der Waals surface area contributed by atoms with Crippen molar-refractivity contribution in [2.75, 3.05) is 10.6 Å². The molecule has 0 heterocycles. The van der Waals surface area contributed by atoms with E-state index in [9.17, 15) is 13.2 Å². The van der Waals surface area contributed by atoms with E-state index >= 15 is 0 Å². The lowest BCUT2D eigenvalue weighted by Crippen LogP contribution is -2.49. The number of amides is 1. The Balaban J connectivity index is 2.36. The highest BCUT2D eigenvalue weighted by Gasteiger charge is 2.32. The van der Waals surface area contributed by atoms with Crippen LogP contribution in [0, 0.1) is 27.7 Å². The lowest BCUT2D eigenvalue weighted by molar-refractivity contribution is -0.122. The predicted octanol–water partition coefficient (Wildman–Crippen LogP) is 4.34. The molecule has 1 N–H and O–H groups in total. The minimum Gasteiger partial charge on any atom is -0.348 e. The Morgan fingerprint density at radius 2 is 1.66 bits per heavy atom. The fraction of sp³-hybridized carbons (Fsp3) is 0.435. The molecule has 2 aromatic carbocycles. The summed E-state index contributed by atoms with van der Waals surface area (Å²) < 4.78 is 26.5. The molecule has 0 aromatic heterocycles. The molecular weight excluding hydrogens is 384 g/mol. The molecule has 2 atom stereocenters. The van der Waals surface area contributed by atoms with Crippen LogP contribution < -0.4 is 9.62 Å². The molecule has 1 amide bonds. The third kappa shape index (κ3) is 5.38. The molecule has 0 spiro atoms. The molecule has 0 saturated heterocycles. The van der Waals surface area contributed by atoms with Gasteiger partial charge in [0.15, 0.2) is 0 Å². The van der Waals surface area contributed by atoms with E-state index in [1.807, 2.05) is 65.8 Å². The second-order valence-electron chi connectivity index (χ2n) is 7.84. The van der Waals surface area contributed by atoms with Crippen molar-refractivity contribution < 1.29 is 13.2 Å². The van der Waals surface area contributed by atoms with E-state index in [-0.39, 0.29) is 11.9 Å². The molecule has 0 unspecified atom stereocenters. The number of anilines is 1. The molecule has 158 valence electrons. The number of benzene rings is 2. The van der Waals surface area contributed by atoms with Gasteiger partial charge in [-0.2, -0.15) is 0 Å². The Labute approximate surface area is 175 Å². The molecule has 2 rings (SSSR count). The Hall–Kier alpha value is -2.34. The maximum atomic E-state index is 13.1. The van der Waals surface area contributed by atoms with Gasteiger partial charge in [0, 0.05) is 0 Å². The zero-order chi connectivity index (χ0) is 21.9. The molecule has 5 nitrogen and oxygen atoms in total. The fourth-order valence-corrected chi connectivity index (χ4v) is 4.83. The summed E-state index contributed by atoms with van der Waals surface area (Å²) in [5.74, 6) is -0.302. The first-order valence-corrected chi connectivity index (χ1v) is 11.7. The number of sulfonamides is 1. The van der Waals surface area contributed by atoms with Gasteiger partial charge in [0.05, 0.1) is 18.0 Å². The molecule has 0 bridgehead atoms. The van der Waals surface area contributed by atoms with Crippen molar-refractivity contribution >= 4 is 21.6 Å². The van der Waals surface area contributed by atoms with Crippen LogP contribution in [-0.2, 0) is 14.8 Å². The Morgan fingerprint density at radius 3 is 2.17 bits per heavy atom. The number of carbonyl (C=O) groups excluding carboxylic acids is 1. The summed E-state index contributed by atoms with van der Waals surface area (Å²) in [6.07, 6.45) is 1.51. The van der Waals surface area contributed by atoms with Crippen molar-refractivity contribution in [3.8, 4) is 0 Å². The van der Waals surface area contributed by atoms with Gasteiger partial charge in [-0.1, -0.05) is 36.8 Å². The van der Waals surface area contributed by atoms with E-state index in [0.717, 1.165) is 34.1 Å². The zero-order valence-electron chi connectivity index (χ0n) is 18.4. The van der Waals surface area contributed by atoms with Crippen LogP contribution in [0.3, 0.4) is 0 Å². The maximum absolute atomic E-state index is 13.1. The van der Waals surface area contributed by atoms with Crippen molar-refractivity contribution in [1.82, 2.24) is 5.32 Å². The number of carbonyl (C=O) groups is 1. The number of nitrogens with zero attached hydrogens (tertiary/aromatic N) is 1. The minimum absolute atomic E-state index is 0.224. The van der Waals surface area contributed by atoms with E-state index in [2.05, 4.69) is 11.4 Å². The molecule has 0 aliphatic rings. The Kier molecular flexibility index (Phi) is 7.11. The quantitative estimate of drug-likeness (QED) is 0.730. The average Bonchev–Trinajstić information content (AvgIpc) is 2.60. The van der Waals surface area contributed by atoms with Crippen LogP contribution in [0.15, 0.2) is 36.4 Å². The second-order valence-corrected chi connectivity index (χ2v) is 9.70. The van der Waals surface area contributed by atoms with Crippen LogP contribution in [0.2, 0.25) is 0 Å². The number of rotatable bonds is 7. The summed E-state index contributed by atoms with van der Waals surface area (Å²) in [6, 6.07) is 10.5. The summed E-state index contributed by atoms with van der Waals surface area (Å²) in [7, 11) is -3.65. The number of nitrogens with one attached hydrogen (secondary N) is 1. The number of aryl methyl sites for hydroxylation is 4. The van der Waals surface area contributed by atoms with E-state index < -0.39 is 16.1 Å². The third-order valence-corrected chi connectivity index (χ3v) is 6.51. The SMILES string of the molecule is CC[C@@H](C(=O)N[C@@H](C)c1ccc(C)cc1C)N(c1ccc(C)c(C)c1)S(C)(=O)=O. The molecular formula is C23H32N2O3S. The van der Waals surface area contributed by atoms with Gasteiger partial charge in [0.2, 0.25) is 15.9 Å². The van der Waals surface area contributed by atoms with Gasteiger partial charge in [-0.25, -0.2) is 8.42 Å². The zero-order valence-corrected chi connectivity index (χ0v) is 19.2. The largest absolute Gasteiger partial charge is 0.348 e. The normalized spacial score (nSPS) is 13.6. The van der Waals surface area contributed by atoms with Crippen molar-refractivity contribution in [3.63, 3.8) is 0 Å². The molecule has 6 heteroatoms. The monoisotopic (exact) mass is 416 g/mol. The third-order valence-electron chi connectivity index (χ3n) is 5.33. The number of hydrogen-bond acceptors (Lipinski definition) is 3. The van der Waals surface area contributed by atoms with Crippen LogP contribution in [0.5, 0.6) is 0 Å². The molecule has 0 aliphatic carbocycles. The highest BCUT2D eigenvalue weighted by atomic mass is 32.2. The second kappa shape index (κ2) is 8.99. The lowest BCUT2D eigenvalue weighted by atomic mass is 10.00. The first-order valence-electron chi connectivity index (χ1n) is 9.89. The van der Waals surface area contributed by atoms with E-state index in [1.54, 1.807) is 6.07 Å². The van der Waals surface area contributed by atoms with Gasteiger partial charge >= 0.3 is 0 Å². The van der Waals surface area contributed by atoms with E-state index in [0.29, 0.717) is 12.1 Å². The van der Waals surface area contributed by atoms with Gasteiger partial charge in [-0.05, 0) is 75.4 Å². The van der Waals surface area contributed by atoms with Gasteiger partial charge in [0.1, 0.15) is 6.04 Å². The molecule has 0 fully saturated rings. The van der Waals surface area contributed by atoms with Crippen LogP contribution in [-0.4, -0.2) is 26.6 Å². The van der Waals surface area contributed by atoms with E-state index in [1.165, 1.54) is 4.31 Å². The van der Waals surface area contributed by atoms with Crippen LogP contribution in [0.25, 0.3) is 0 Å². The first kappa shape index (κ1) is 22.9. The topological polar surface area (TPSA) is 66.5 Å². The molecule has 0 saturated carbocycles. The van der Waals surface area contributed by atoms with Crippen molar-refractivity contribution in [2.24, 2.45) is 0 Å². The summed E-state index contributed by atoms with van der Waals surface area (Å²) in [5.41, 5.74) is 5.85. The van der Waals surface area contributed by atoms with Gasteiger partial charge in [-0.3, -0.25) is 9.10 Å². The highest BCUT2D eigenvalue weighted by Crippen LogP contribution is 2.26. The van der Waals surface area contributed by atoms with Crippen molar-refractivity contribution in [2.45, 2.75) is 60.0 Å². The van der Waals surface area contributed by atoms with Crippen molar-refractivity contribution in [3.05, 3.63) is 64.2 Å².